The number of hydrogen-bond acceptors (Lipinski definition) is 10. The smallest absolute Gasteiger partial charge is 0.408 e. The standard InChI is InChI=1S/C33H51N3O7S3/c1-22(2)25-14-12-23(13-15-25)10-11-24-19-28(29(37)35-27(30(38)39)16-18-44-7)36(20-24)17-8-9-26(21-45-46-32(41)42-6)34-31(40)43-33(3,4)5/h8-9,12-15,22,24,26-28H,10-11,16-21H2,1-7H3,(H,34,40)(H,35,37)(H,38,39)/b9-8+/t24-,26-,27+,28+/m1/s1. The molecular weight excluding hydrogens is 647 g/mol. The van der Waals surface area contributed by atoms with Gasteiger partial charge in [0, 0.05) is 29.6 Å². The molecule has 0 aromatic heterocycles. The number of hydrogen-bond donors (Lipinski definition) is 3. The van der Waals surface area contributed by atoms with Crippen molar-refractivity contribution in [2.75, 3.05) is 38.0 Å². The Kier molecular flexibility index (Phi) is 17.4. The van der Waals surface area contributed by atoms with E-state index in [0.29, 0.717) is 43.4 Å². The van der Waals surface area contributed by atoms with Crippen molar-refractivity contribution in [1.82, 2.24) is 15.5 Å². The number of nitrogens with zero attached hydrogens (tertiary/aromatic N) is 1. The van der Waals surface area contributed by atoms with Crippen LogP contribution in [0.5, 0.6) is 0 Å². The van der Waals surface area contributed by atoms with Gasteiger partial charge in [0.25, 0.3) is 0 Å². The van der Waals surface area contributed by atoms with E-state index in [1.54, 1.807) is 32.5 Å². The Morgan fingerprint density at radius 3 is 2.41 bits per heavy atom. The van der Waals surface area contributed by atoms with Crippen LogP contribution in [0.2, 0.25) is 0 Å². The lowest BCUT2D eigenvalue weighted by Gasteiger charge is -2.25. The van der Waals surface area contributed by atoms with Crippen LogP contribution < -0.4 is 10.6 Å². The highest BCUT2D eigenvalue weighted by molar-refractivity contribution is 8.82. The fraction of sp³-hybridized carbons (Fsp3) is 0.636. The number of thioether (sulfide) groups is 1. The van der Waals surface area contributed by atoms with Crippen molar-refractivity contribution < 1.29 is 33.8 Å². The summed E-state index contributed by atoms with van der Waals surface area (Å²) in [6.07, 6.45) is 7.86. The van der Waals surface area contributed by atoms with Gasteiger partial charge in [0.2, 0.25) is 5.91 Å². The molecule has 1 aromatic carbocycles. The van der Waals surface area contributed by atoms with Crippen LogP contribution in [-0.2, 0) is 25.5 Å². The summed E-state index contributed by atoms with van der Waals surface area (Å²) in [4.78, 5) is 51.5. The van der Waals surface area contributed by atoms with Gasteiger partial charge in [-0.05, 0) is 81.4 Å². The Bertz CT molecular complexity index is 1160. The SMILES string of the molecule is COC(=O)SSC[C@@H](/C=C/CN1C[C@H](CCc2ccc(C(C)C)cc2)C[C@H]1C(=O)N[C@@H](CCSC)C(=O)O)NC(=O)OC(C)(C)C. The predicted octanol–water partition coefficient (Wildman–Crippen LogP) is 6.35. The molecule has 1 aliphatic heterocycles. The number of likely N-dealkylation sites (tertiary alicyclic amines) is 1. The molecule has 0 unspecified atom stereocenters. The van der Waals surface area contributed by atoms with Crippen molar-refractivity contribution in [2.24, 2.45) is 5.92 Å². The summed E-state index contributed by atoms with van der Waals surface area (Å²) >= 11 is 1.54. The summed E-state index contributed by atoms with van der Waals surface area (Å²) in [6, 6.07) is 6.83. The molecule has 1 saturated heterocycles. The minimum absolute atomic E-state index is 0.256. The number of benzene rings is 1. The molecule has 0 bridgehead atoms. The first-order valence-electron chi connectivity index (χ1n) is 15.6. The molecule has 1 fully saturated rings. The van der Waals surface area contributed by atoms with Crippen molar-refractivity contribution in [3.8, 4) is 0 Å². The molecule has 13 heteroatoms. The molecule has 3 N–H and O–H groups in total. The van der Waals surface area contributed by atoms with E-state index < -0.39 is 41.1 Å². The Morgan fingerprint density at radius 1 is 1.13 bits per heavy atom. The van der Waals surface area contributed by atoms with Crippen LogP contribution in [-0.4, -0.2) is 95.0 Å². The van der Waals surface area contributed by atoms with Crippen LogP contribution in [0.1, 0.15) is 70.9 Å². The molecule has 10 nitrogen and oxygen atoms in total. The van der Waals surface area contributed by atoms with Crippen LogP contribution in [0, 0.1) is 5.92 Å². The van der Waals surface area contributed by atoms with E-state index in [0.717, 1.165) is 23.6 Å². The second-order valence-electron chi connectivity index (χ2n) is 12.7. The maximum absolute atomic E-state index is 13.5. The van der Waals surface area contributed by atoms with E-state index in [2.05, 4.69) is 58.4 Å². The van der Waals surface area contributed by atoms with E-state index in [9.17, 15) is 24.3 Å². The van der Waals surface area contributed by atoms with Crippen molar-refractivity contribution >= 4 is 56.6 Å². The lowest BCUT2D eigenvalue weighted by atomic mass is 9.95. The summed E-state index contributed by atoms with van der Waals surface area (Å²) in [5.41, 5.74) is 1.89. The van der Waals surface area contributed by atoms with Gasteiger partial charge in [-0.3, -0.25) is 9.69 Å². The van der Waals surface area contributed by atoms with E-state index in [1.165, 1.54) is 29.0 Å². The third-order valence-electron chi connectivity index (χ3n) is 7.46. The number of carbonyl (C=O) groups is 4. The maximum Gasteiger partial charge on any atom is 0.408 e. The zero-order chi connectivity index (χ0) is 34.3. The molecule has 0 aliphatic carbocycles. The normalized spacial score (nSPS) is 18.3. The largest absolute Gasteiger partial charge is 0.480 e. The Hall–Kier alpha value is -2.35. The highest BCUT2D eigenvalue weighted by Crippen LogP contribution is 2.29. The number of methoxy groups -OCH3 is 1. The fourth-order valence-electron chi connectivity index (χ4n) is 5.04. The van der Waals surface area contributed by atoms with Crippen molar-refractivity contribution in [1.29, 1.82) is 0 Å². The summed E-state index contributed by atoms with van der Waals surface area (Å²) in [7, 11) is 3.51. The van der Waals surface area contributed by atoms with Gasteiger partial charge in [-0.1, -0.05) is 61.1 Å². The molecule has 2 amide bonds. The van der Waals surface area contributed by atoms with E-state index in [-0.39, 0.29) is 11.8 Å². The average molecular weight is 698 g/mol. The third kappa shape index (κ3) is 15.0. The van der Waals surface area contributed by atoms with Gasteiger partial charge in [0.05, 0.1) is 19.2 Å². The van der Waals surface area contributed by atoms with Crippen LogP contribution in [0.15, 0.2) is 36.4 Å². The number of carboxylic acid groups (broad SMARTS) is 1. The van der Waals surface area contributed by atoms with Crippen molar-refractivity contribution in [3.05, 3.63) is 47.5 Å². The predicted molar refractivity (Wildman–Crippen MR) is 190 cm³/mol. The number of rotatable bonds is 17. The molecule has 2 rings (SSSR count). The highest BCUT2D eigenvalue weighted by Gasteiger charge is 2.37. The van der Waals surface area contributed by atoms with Gasteiger partial charge in [0.15, 0.2) is 0 Å². The lowest BCUT2D eigenvalue weighted by molar-refractivity contribution is -0.142. The molecule has 0 spiro atoms. The molecular formula is C33H51N3O7S3. The molecule has 4 atom stereocenters. The number of carbonyl (C=O) groups excluding carboxylic acids is 3. The molecule has 0 radical (unpaired) electrons. The van der Waals surface area contributed by atoms with Gasteiger partial charge >= 0.3 is 17.4 Å². The zero-order valence-corrected chi connectivity index (χ0v) is 30.5. The van der Waals surface area contributed by atoms with Crippen molar-refractivity contribution in [3.63, 3.8) is 0 Å². The Balaban J connectivity index is 2.16. The Morgan fingerprint density at radius 2 is 1.83 bits per heavy atom. The topological polar surface area (TPSA) is 134 Å². The number of ether oxygens (including phenoxy) is 2. The second-order valence-corrected chi connectivity index (χ2v) is 16.0. The lowest BCUT2D eigenvalue weighted by Crippen LogP contribution is -2.49. The summed E-state index contributed by atoms with van der Waals surface area (Å²) in [5, 5.41) is 14.9. The third-order valence-corrected chi connectivity index (χ3v) is 10.2. The number of alkyl carbamates (subject to hydrolysis) is 1. The van der Waals surface area contributed by atoms with Gasteiger partial charge < -0.3 is 25.2 Å². The first-order chi connectivity index (χ1) is 21.7. The Labute approximate surface area is 286 Å². The molecule has 1 aliphatic rings. The summed E-state index contributed by atoms with van der Waals surface area (Å²) in [5.74, 6) is 0.425. The van der Waals surface area contributed by atoms with E-state index in [1.807, 2.05) is 18.4 Å². The van der Waals surface area contributed by atoms with Gasteiger partial charge in [0.1, 0.15) is 11.6 Å². The highest BCUT2D eigenvalue weighted by atomic mass is 33.1. The van der Waals surface area contributed by atoms with E-state index >= 15 is 0 Å². The molecule has 0 saturated carbocycles. The minimum Gasteiger partial charge on any atom is -0.480 e. The monoisotopic (exact) mass is 697 g/mol. The second kappa shape index (κ2) is 20.1. The van der Waals surface area contributed by atoms with Gasteiger partial charge in [-0.15, -0.1) is 0 Å². The summed E-state index contributed by atoms with van der Waals surface area (Å²) < 4.78 is 10.1. The van der Waals surface area contributed by atoms with Crippen LogP contribution >= 0.6 is 33.3 Å². The first-order valence-corrected chi connectivity index (χ1v) is 19.3. The quantitative estimate of drug-likeness (QED) is 0.0955. The average Bonchev–Trinajstić information content (AvgIpc) is 3.39. The summed E-state index contributed by atoms with van der Waals surface area (Å²) in [6.45, 7) is 10.8. The zero-order valence-electron chi connectivity index (χ0n) is 28.1. The number of amides is 2. The first kappa shape index (κ1) is 39.8. The minimum atomic E-state index is -1.04. The molecule has 46 heavy (non-hydrogen) atoms. The number of nitrogens with one attached hydrogen (secondary N) is 2. The fourth-order valence-corrected chi connectivity index (χ4v) is 7.22. The van der Waals surface area contributed by atoms with Crippen LogP contribution in [0.4, 0.5) is 9.59 Å². The number of aliphatic carboxylic acids is 1. The molecule has 1 aromatic rings. The van der Waals surface area contributed by atoms with Crippen LogP contribution in [0.3, 0.4) is 0 Å². The van der Waals surface area contributed by atoms with Gasteiger partial charge in [-0.25, -0.2) is 14.4 Å². The van der Waals surface area contributed by atoms with Crippen molar-refractivity contribution in [2.45, 2.75) is 89.9 Å². The van der Waals surface area contributed by atoms with Gasteiger partial charge in [-0.2, -0.15) is 11.8 Å². The molecule has 258 valence electrons. The number of carboxylic acids is 1. The number of aryl methyl sites for hydroxylation is 1. The van der Waals surface area contributed by atoms with E-state index in [4.69, 9.17) is 4.74 Å². The maximum atomic E-state index is 13.5. The van der Waals surface area contributed by atoms with Crippen LogP contribution in [0.25, 0.3) is 0 Å². The molecule has 1 heterocycles.